The normalized spacial score (nSPS) is 10.1. The van der Waals surface area contributed by atoms with Crippen LogP contribution in [0.2, 0.25) is 0 Å². The van der Waals surface area contributed by atoms with E-state index in [1.165, 1.54) is 6.07 Å². The molecule has 0 aliphatic carbocycles. The molecule has 4 nitrogen and oxygen atoms in total. The van der Waals surface area contributed by atoms with Crippen molar-refractivity contribution in [2.24, 2.45) is 0 Å². The topological polar surface area (TPSA) is 63.4 Å². The molecule has 0 amide bonds. The van der Waals surface area contributed by atoms with Crippen molar-refractivity contribution in [2.75, 3.05) is 0 Å². The predicted molar refractivity (Wildman–Crippen MR) is 46.7 cm³/mol. The van der Waals surface area contributed by atoms with Crippen molar-refractivity contribution in [3.63, 3.8) is 0 Å². The van der Waals surface area contributed by atoms with Crippen LogP contribution >= 0.6 is 15.9 Å². The Morgan fingerprint density at radius 3 is 2.69 bits per heavy atom. The molecule has 0 unspecified atom stereocenters. The largest absolute Gasteiger partial charge is 0.391 e. The van der Waals surface area contributed by atoms with E-state index >= 15 is 0 Å². The Balaban J connectivity index is 3.38. The molecule has 0 bridgehead atoms. The lowest BCUT2D eigenvalue weighted by Crippen LogP contribution is -1.98. The van der Waals surface area contributed by atoms with E-state index < -0.39 is 23.0 Å². The van der Waals surface area contributed by atoms with Crippen LogP contribution in [0.15, 0.2) is 16.6 Å². The first kappa shape index (κ1) is 10.1. The van der Waals surface area contributed by atoms with Crippen LogP contribution in [0, 0.1) is 15.9 Å². The maximum atomic E-state index is 13.0. The van der Waals surface area contributed by atoms with Gasteiger partial charge in [0, 0.05) is 4.47 Å². The zero-order valence-corrected chi connectivity index (χ0v) is 7.91. The van der Waals surface area contributed by atoms with E-state index in [-0.39, 0.29) is 5.56 Å². The van der Waals surface area contributed by atoms with E-state index in [1.807, 2.05) is 0 Å². The van der Waals surface area contributed by atoms with Gasteiger partial charge in [-0.15, -0.1) is 0 Å². The van der Waals surface area contributed by atoms with E-state index in [4.69, 9.17) is 5.11 Å². The molecule has 0 heterocycles. The lowest BCUT2D eigenvalue weighted by molar-refractivity contribution is -0.388. The van der Waals surface area contributed by atoms with Crippen LogP contribution in [0.25, 0.3) is 0 Å². The zero-order chi connectivity index (χ0) is 10.0. The molecule has 0 radical (unpaired) electrons. The average molecular weight is 250 g/mol. The summed E-state index contributed by atoms with van der Waals surface area (Å²) in [6.45, 7) is -0.563. The maximum Gasteiger partial charge on any atom is 0.310 e. The highest BCUT2D eigenvalue weighted by molar-refractivity contribution is 9.10. The van der Waals surface area contributed by atoms with Crippen molar-refractivity contribution < 1.29 is 14.4 Å². The second kappa shape index (κ2) is 3.80. The van der Waals surface area contributed by atoms with Crippen LogP contribution in [-0.2, 0) is 6.61 Å². The lowest BCUT2D eigenvalue weighted by Gasteiger charge is -2.00. The van der Waals surface area contributed by atoms with E-state index in [0.29, 0.717) is 4.47 Å². The minimum Gasteiger partial charge on any atom is -0.391 e. The molecule has 0 saturated carbocycles. The van der Waals surface area contributed by atoms with Crippen LogP contribution in [-0.4, -0.2) is 10.0 Å². The van der Waals surface area contributed by atoms with Crippen molar-refractivity contribution in [2.45, 2.75) is 6.61 Å². The fourth-order valence-electron chi connectivity index (χ4n) is 0.944. The molecule has 1 N–H and O–H groups in total. The van der Waals surface area contributed by atoms with E-state index in [2.05, 4.69) is 15.9 Å². The van der Waals surface area contributed by atoms with Gasteiger partial charge in [-0.05, 0) is 12.1 Å². The third-order valence-electron chi connectivity index (χ3n) is 1.46. The van der Waals surface area contributed by atoms with Crippen LogP contribution in [0.1, 0.15) is 5.56 Å². The van der Waals surface area contributed by atoms with Gasteiger partial charge >= 0.3 is 5.69 Å². The summed E-state index contributed by atoms with van der Waals surface area (Å²) in [7, 11) is 0. The Bertz CT molecular complexity index is 356. The van der Waals surface area contributed by atoms with Crippen LogP contribution < -0.4 is 0 Å². The molecule has 0 aliphatic heterocycles. The number of benzene rings is 1. The molecule has 0 fully saturated rings. The highest BCUT2D eigenvalue weighted by Crippen LogP contribution is 2.26. The summed E-state index contributed by atoms with van der Waals surface area (Å²) in [4.78, 5) is 9.50. The van der Waals surface area contributed by atoms with Gasteiger partial charge in [-0.3, -0.25) is 10.1 Å². The number of nitro groups is 1. The number of rotatable bonds is 2. The summed E-state index contributed by atoms with van der Waals surface area (Å²) in [6, 6.07) is 2.29. The van der Waals surface area contributed by atoms with Crippen LogP contribution in [0.3, 0.4) is 0 Å². The van der Waals surface area contributed by atoms with Crippen molar-refractivity contribution in [1.29, 1.82) is 0 Å². The Hall–Kier alpha value is -1.01. The summed E-state index contributed by atoms with van der Waals surface area (Å²) in [6.07, 6.45) is 0. The highest BCUT2D eigenvalue weighted by atomic mass is 79.9. The number of halogens is 2. The van der Waals surface area contributed by atoms with Crippen LogP contribution in [0.5, 0.6) is 0 Å². The smallest absolute Gasteiger partial charge is 0.310 e. The van der Waals surface area contributed by atoms with E-state index in [9.17, 15) is 14.5 Å². The third kappa shape index (κ3) is 2.02. The first-order chi connectivity index (χ1) is 6.06. The lowest BCUT2D eigenvalue weighted by atomic mass is 10.2. The van der Waals surface area contributed by atoms with Gasteiger partial charge in [-0.25, -0.2) is 0 Å². The van der Waals surface area contributed by atoms with Gasteiger partial charge < -0.3 is 5.11 Å². The summed E-state index contributed by atoms with van der Waals surface area (Å²) in [5.74, 6) is -0.955. The fraction of sp³-hybridized carbons (Fsp3) is 0.143. The average Bonchev–Trinajstić information content (AvgIpc) is 2.01. The molecule has 6 heteroatoms. The SMILES string of the molecule is O=[N+]([O-])c1c(F)cc(Br)cc1CO. The molecular weight excluding hydrogens is 245 g/mol. The molecular formula is C7H5BrFNO3. The molecule has 70 valence electrons. The Morgan fingerprint density at radius 2 is 2.23 bits per heavy atom. The van der Waals surface area contributed by atoms with Gasteiger partial charge in [0.1, 0.15) is 0 Å². The van der Waals surface area contributed by atoms with Gasteiger partial charge in [0.15, 0.2) is 0 Å². The second-order valence-corrected chi connectivity index (χ2v) is 3.23. The molecule has 1 rings (SSSR count). The number of hydrogen-bond acceptors (Lipinski definition) is 3. The molecule has 0 spiro atoms. The summed E-state index contributed by atoms with van der Waals surface area (Å²) in [5, 5.41) is 19.1. The van der Waals surface area contributed by atoms with Gasteiger partial charge in [0.05, 0.1) is 17.1 Å². The van der Waals surface area contributed by atoms with Gasteiger partial charge in [-0.2, -0.15) is 4.39 Å². The molecule has 0 atom stereocenters. The molecule has 0 saturated heterocycles. The first-order valence-electron chi connectivity index (χ1n) is 3.29. The minimum absolute atomic E-state index is 0.0446. The highest BCUT2D eigenvalue weighted by Gasteiger charge is 2.20. The van der Waals surface area contributed by atoms with E-state index in [0.717, 1.165) is 6.07 Å². The minimum atomic E-state index is -0.955. The quantitative estimate of drug-likeness (QED) is 0.644. The number of aliphatic hydroxyl groups excluding tert-OH is 1. The van der Waals surface area contributed by atoms with Crippen molar-refractivity contribution >= 4 is 21.6 Å². The van der Waals surface area contributed by atoms with E-state index in [1.54, 1.807) is 0 Å². The number of hydrogen-bond donors (Lipinski definition) is 1. The summed E-state index contributed by atoms with van der Waals surface area (Å²) >= 11 is 2.96. The Morgan fingerprint density at radius 1 is 1.62 bits per heavy atom. The van der Waals surface area contributed by atoms with Crippen molar-refractivity contribution in [1.82, 2.24) is 0 Å². The number of nitro benzene ring substituents is 1. The summed E-state index contributed by atoms with van der Waals surface area (Å²) in [5.41, 5.74) is -0.720. The van der Waals surface area contributed by atoms with Gasteiger partial charge in [0.25, 0.3) is 0 Å². The van der Waals surface area contributed by atoms with Crippen LogP contribution in [0.4, 0.5) is 10.1 Å². The molecule has 0 aromatic heterocycles. The molecule has 13 heavy (non-hydrogen) atoms. The van der Waals surface area contributed by atoms with Gasteiger partial charge in [-0.1, -0.05) is 15.9 Å². The molecule has 1 aromatic carbocycles. The molecule has 0 aliphatic rings. The number of aliphatic hydroxyl groups is 1. The molecule has 1 aromatic rings. The summed E-state index contributed by atoms with van der Waals surface area (Å²) < 4.78 is 13.3. The third-order valence-corrected chi connectivity index (χ3v) is 1.92. The fourth-order valence-corrected chi connectivity index (χ4v) is 1.42. The standard InChI is InChI=1S/C7H5BrFNO3/c8-5-1-4(3-11)7(10(12)13)6(9)2-5/h1-2,11H,3H2. The maximum absolute atomic E-state index is 13.0. The Labute approximate surface area is 81.3 Å². The second-order valence-electron chi connectivity index (χ2n) is 2.31. The van der Waals surface area contributed by atoms with Crippen molar-refractivity contribution in [3.8, 4) is 0 Å². The Kier molecular flexibility index (Phi) is 2.94. The monoisotopic (exact) mass is 249 g/mol. The van der Waals surface area contributed by atoms with Gasteiger partial charge in [0.2, 0.25) is 5.82 Å². The first-order valence-corrected chi connectivity index (χ1v) is 4.08. The number of nitrogens with zero attached hydrogens (tertiary/aromatic N) is 1. The zero-order valence-electron chi connectivity index (χ0n) is 6.33. The predicted octanol–water partition coefficient (Wildman–Crippen LogP) is 1.99. The van der Waals surface area contributed by atoms with Crippen molar-refractivity contribution in [3.05, 3.63) is 38.1 Å².